The number of hydrogen-bond acceptors (Lipinski definition) is 4. The Labute approximate surface area is 139 Å². The van der Waals surface area contributed by atoms with Crippen molar-refractivity contribution < 1.29 is 9.59 Å². The zero-order valence-electron chi connectivity index (χ0n) is 13.0. The van der Waals surface area contributed by atoms with Crippen molar-refractivity contribution in [3.8, 4) is 0 Å². The molecular weight excluding hydrogens is 310 g/mol. The Morgan fingerprint density at radius 3 is 2.48 bits per heavy atom. The Balaban J connectivity index is 1.52. The number of nitrogens with one attached hydrogen (secondary N) is 1. The van der Waals surface area contributed by atoms with Crippen molar-refractivity contribution in [3.05, 3.63) is 52.0 Å². The van der Waals surface area contributed by atoms with Crippen LogP contribution >= 0.6 is 11.3 Å². The molecule has 23 heavy (non-hydrogen) atoms. The zero-order chi connectivity index (χ0) is 16.2. The van der Waals surface area contributed by atoms with Gasteiger partial charge in [0.05, 0.1) is 4.88 Å². The van der Waals surface area contributed by atoms with Crippen LogP contribution in [0.4, 0.5) is 0 Å². The molecule has 1 aliphatic rings. The van der Waals surface area contributed by atoms with E-state index >= 15 is 0 Å². The summed E-state index contributed by atoms with van der Waals surface area (Å²) in [6, 6.07) is 7.41. The van der Waals surface area contributed by atoms with Crippen LogP contribution in [0.2, 0.25) is 0 Å². The van der Waals surface area contributed by atoms with Crippen LogP contribution < -0.4 is 5.32 Å². The summed E-state index contributed by atoms with van der Waals surface area (Å²) < 4.78 is 0. The Bertz CT molecular complexity index is 691. The summed E-state index contributed by atoms with van der Waals surface area (Å²) in [7, 11) is 0. The summed E-state index contributed by atoms with van der Waals surface area (Å²) in [4.78, 5) is 32.2. The molecule has 3 heterocycles. The minimum Gasteiger partial charge on any atom is -0.348 e. The molecule has 0 unspecified atom stereocenters. The van der Waals surface area contributed by atoms with E-state index in [1.165, 1.54) is 11.3 Å². The predicted molar refractivity (Wildman–Crippen MR) is 89.7 cm³/mol. The minimum atomic E-state index is -0.0120. The Morgan fingerprint density at radius 1 is 1.17 bits per heavy atom. The number of pyridine rings is 1. The molecule has 0 spiro atoms. The number of piperidine rings is 1. The maximum Gasteiger partial charge on any atom is 0.261 e. The summed E-state index contributed by atoms with van der Waals surface area (Å²) >= 11 is 1.50. The third-order valence-corrected chi connectivity index (χ3v) is 5.01. The van der Waals surface area contributed by atoms with Crippen molar-refractivity contribution in [3.63, 3.8) is 0 Å². The van der Waals surface area contributed by atoms with Crippen LogP contribution in [-0.4, -0.2) is 40.8 Å². The maximum absolute atomic E-state index is 12.4. The SMILES string of the molecule is Cc1ccc(C(=O)NC2CCN(C(=O)c3ccncc3)CC2)s1. The molecule has 120 valence electrons. The molecular formula is C17H19N3O2S. The number of likely N-dealkylation sites (tertiary alicyclic amines) is 1. The lowest BCUT2D eigenvalue weighted by Crippen LogP contribution is -2.46. The van der Waals surface area contributed by atoms with E-state index in [4.69, 9.17) is 0 Å². The van der Waals surface area contributed by atoms with E-state index in [2.05, 4.69) is 10.3 Å². The number of rotatable bonds is 3. The molecule has 0 aliphatic carbocycles. The van der Waals surface area contributed by atoms with Crippen molar-refractivity contribution in [1.29, 1.82) is 0 Å². The Hall–Kier alpha value is -2.21. The summed E-state index contributed by atoms with van der Waals surface area (Å²) in [5.74, 6) is 0.0214. The molecule has 6 heteroatoms. The molecule has 1 N–H and O–H groups in total. The standard InChI is InChI=1S/C17H19N3O2S/c1-12-2-3-15(23-12)16(21)19-14-6-10-20(11-7-14)17(22)13-4-8-18-9-5-13/h2-5,8-9,14H,6-7,10-11H2,1H3,(H,19,21). The number of carbonyl (C=O) groups excluding carboxylic acids is 2. The molecule has 0 radical (unpaired) electrons. The van der Waals surface area contributed by atoms with Gasteiger partial charge in [-0.15, -0.1) is 11.3 Å². The number of aromatic nitrogens is 1. The first-order valence-corrected chi connectivity index (χ1v) is 8.52. The summed E-state index contributed by atoms with van der Waals surface area (Å²) in [6.07, 6.45) is 4.83. The van der Waals surface area contributed by atoms with Gasteiger partial charge < -0.3 is 10.2 Å². The average Bonchev–Trinajstić information content (AvgIpc) is 3.02. The summed E-state index contributed by atoms with van der Waals surface area (Å²) in [5, 5.41) is 3.07. The summed E-state index contributed by atoms with van der Waals surface area (Å²) in [5.41, 5.74) is 0.663. The van der Waals surface area contributed by atoms with Crippen LogP contribution in [0.25, 0.3) is 0 Å². The van der Waals surface area contributed by atoms with E-state index in [9.17, 15) is 9.59 Å². The van der Waals surface area contributed by atoms with Gasteiger partial charge in [0.25, 0.3) is 11.8 Å². The zero-order valence-corrected chi connectivity index (χ0v) is 13.8. The van der Waals surface area contributed by atoms with Gasteiger partial charge in [-0.1, -0.05) is 0 Å². The molecule has 0 bridgehead atoms. The molecule has 2 amide bonds. The van der Waals surface area contributed by atoms with Crippen molar-refractivity contribution in [2.75, 3.05) is 13.1 Å². The Kier molecular flexibility index (Phi) is 4.71. The first kappa shape index (κ1) is 15.7. The predicted octanol–water partition coefficient (Wildman–Crippen LogP) is 2.49. The third kappa shape index (κ3) is 3.76. The first-order valence-electron chi connectivity index (χ1n) is 7.70. The van der Waals surface area contributed by atoms with Crippen molar-refractivity contribution in [1.82, 2.24) is 15.2 Å². The van der Waals surface area contributed by atoms with E-state index in [0.717, 1.165) is 22.6 Å². The quantitative estimate of drug-likeness (QED) is 0.941. The molecule has 0 atom stereocenters. The molecule has 2 aromatic rings. The normalized spacial score (nSPS) is 15.4. The second-order valence-corrected chi connectivity index (χ2v) is 6.97. The smallest absolute Gasteiger partial charge is 0.261 e. The molecule has 3 rings (SSSR count). The highest BCUT2D eigenvalue weighted by Crippen LogP contribution is 2.17. The van der Waals surface area contributed by atoms with Crippen LogP contribution in [0.3, 0.4) is 0 Å². The van der Waals surface area contributed by atoms with Crippen LogP contribution in [0.15, 0.2) is 36.7 Å². The van der Waals surface area contributed by atoms with Crippen molar-refractivity contribution in [2.45, 2.75) is 25.8 Å². The largest absolute Gasteiger partial charge is 0.348 e. The molecule has 0 aromatic carbocycles. The monoisotopic (exact) mass is 329 g/mol. The van der Waals surface area contributed by atoms with Crippen molar-refractivity contribution >= 4 is 23.2 Å². The van der Waals surface area contributed by atoms with Gasteiger partial charge in [-0.25, -0.2) is 0 Å². The van der Waals surface area contributed by atoms with E-state index in [0.29, 0.717) is 18.7 Å². The van der Waals surface area contributed by atoms with Crippen LogP contribution in [0.1, 0.15) is 37.7 Å². The molecule has 1 saturated heterocycles. The lowest BCUT2D eigenvalue weighted by Gasteiger charge is -2.32. The highest BCUT2D eigenvalue weighted by molar-refractivity contribution is 7.13. The highest BCUT2D eigenvalue weighted by Gasteiger charge is 2.25. The lowest BCUT2D eigenvalue weighted by atomic mass is 10.0. The second kappa shape index (κ2) is 6.91. The van der Waals surface area contributed by atoms with Gasteiger partial charge in [0.2, 0.25) is 0 Å². The fourth-order valence-electron chi connectivity index (χ4n) is 2.72. The van der Waals surface area contributed by atoms with Gasteiger partial charge in [-0.05, 0) is 44.0 Å². The van der Waals surface area contributed by atoms with Gasteiger partial charge in [-0.2, -0.15) is 0 Å². The van der Waals surface area contributed by atoms with E-state index in [1.807, 2.05) is 24.0 Å². The number of nitrogens with zero attached hydrogens (tertiary/aromatic N) is 2. The molecule has 5 nitrogen and oxygen atoms in total. The number of aryl methyl sites for hydroxylation is 1. The number of hydrogen-bond donors (Lipinski definition) is 1. The van der Waals surface area contributed by atoms with Crippen LogP contribution in [-0.2, 0) is 0 Å². The van der Waals surface area contributed by atoms with Gasteiger partial charge in [0, 0.05) is 42.0 Å². The topological polar surface area (TPSA) is 62.3 Å². The van der Waals surface area contributed by atoms with E-state index < -0.39 is 0 Å². The number of amides is 2. The van der Waals surface area contributed by atoms with Crippen LogP contribution in [0.5, 0.6) is 0 Å². The molecule has 0 saturated carbocycles. The third-order valence-electron chi connectivity index (χ3n) is 4.01. The Morgan fingerprint density at radius 2 is 1.87 bits per heavy atom. The second-order valence-electron chi connectivity index (χ2n) is 5.69. The van der Waals surface area contributed by atoms with Gasteiger partial charge >= 0.3 is 0 Å². The average molecular weight is 329 g/mol. The molecule has 1 fully saturated rings. The van der Waals surface area contributed by atoms with E-state index in [1.54, 1.807) is 24.5 Å². The first-order chi connectivity index (χ1) is 11.1. The highest BCUT2D eigenvalue weighted by atomic mass is 32.1. The number of thiophene rings is 1. The van der Waals surface area contributed by atoms with E-state index in [-0.39, 0.29) is 17.9 Å². The van der Waals surface area contributed by atoms with Crippen LogP contribution in [0, 0.1) is 6.92 Å². The minimum absolute atomic E-state index is 0.0120. The fourth-order valence-corrected chi connectivity index (χ4v) is 3.49. The van der Waals surface area contributed by atoms with Gasteiger partial charge in [0.15, 0.2) is 0 Å². The fraction of sp³-hybridized carbons (Fsp3) is 0.353. The number of carbonyl (C=O) groups is 2. The molecule has 2 aromatic heterocycles. The maximum atomic E-state index is 12.4. The van der Waals surface area contributed by atoms with Crippen molar-refractivity contribution in [2.24, 2.45) is 0 Å². The lowest BCUT2D eigenvalue weighted by molar-refractivity contribution is 0.0698. The molecule has 1 aliphatic heterocycles. The van der Waals surface area contributed by atoms with Gasteiger partial charge in [-0.3, -0.25) is 14.6 Å². The summed E-state index contributed by atoms with van der Waals surface area (Å²) in [6.45, 7) is 3.32. The van der Waals surface area contributed by atoms with Gasteiger partial charge in [0.1, 0.15) is 0 Å².